The van der Waals surface area contributed by atoms with Crippen molar-refractivity contribution in [1.82, 2.24) is 10.3 Å². The van der Waals surface area contributed by atoms with Gasteiger partial charge in [0.05, 0.1) is 5.69 Å². The summed E-state index contributed by atoms with van der Waals surface area (Å²) in [5, 5.41) is 6.34. The van der Waals surface area contributed by atoms with E-state index >= 15 is 0 Å². The lowest BCUT2D eigenvalue weighted by Gasteiger charge is -2.13. The van der Waals surface area contributed by atoms with Crippen LogP contribution in [0, 0.1) is 5.92 Å². The monoisotopic (exact) mass is 319 g/mol. The molecule has 0 aliphatic carbocycles. The molecule has 2 heterocycles. The third-order valence-corrected chi connectivity index (χ3v) is 5.34. The van der Waals surface area contributed by atoms with Crippen LogP contribution < -0.4 is 10.6 Å². The molecule has 2 N–H and O–H groups in total. The molecule has 2 amide bonds. The molecule has 0 fully saturated rings. The van der Waals surface area contributed by atoms with Gasteiger partial charge in [0.2, 0.25) is 0 Å². The average Bonchev–Trinajstić information content (AvgIpc) is 2.88. The summed E-state index contributed by atoms with van der Waals surface area (Å²) in [5.74, 6) is 1.35. The maximum absolute atomic E-state index is 11.8. The first kappa shape index (κ1) is 14.4. The highest BCUT2D eigenvalue weighted by Crippen LogP contribution is 2.44. The minimum absolute atomic E-state index is 0.185. The minimum atomic E-state index is -0.185. The van der Waals surface area contributed by atoms with Crippen LogP contribution in [0.1, 0.15) is 18.7 Å². The summed E-state index contributed by atoms with van der Waals surface area (Å²) in [7, 11) is 0. The van der Waals surface area contributed by atoms with Gasteiger partial charge in [0.15, 0.2) is 5.13 Å². The van der Waals surface area contributed by atoms with Crippen LogP contribution >= 0.6 is 23.1 Å². The fourth-order valence-electron chi connectivity index (χ4n) is 2.08. The largest absolute Gasteiger partial charge is 0.338 e. The molecule has 0 unspecified atom stereocenters. The summed E-state index contributed by atoms with van der Waals surface area (Å²) in [6.45, 7) is 4.79. The lowest BCUT2D eigenvalue weighted by molar-refractivity contribution is 0.251. The molecular weight excluding hydrogens is 302 g/mol. The van der Waals surface area contributed by atoms with Crippen molar-refractivity contribution in [2.75, 3.05) is 11.9 Å². The van der Waals surface area contributed by atoms with Crippen LogP contribution in [0.2, 0.25) is 0 Å². The van der Waals surface area contributed by atoms with Crippen molar-refractivity contribution in [1.29, 1.82) is 0 Å². The Morgan fingerprint density at radius 1 is 1.38 bits per heavy atom. The summed E-state index contributed by atoms with van der Waals surface area (Å²) in [6, 6.07) is 8.08. The number of urea groups is 1. The molecule has 0 radical (unpaired) electrons. The molecule has 3 rings (SSSR count). The number of carbonyl (C=O) groups is 1. The second kappa shape index (κ2) is 6.07. The Balaban J connectivity index is 1.76. The fourth-order valence-corrected chi connectivity index (χ4v) is 4.18. The molecule has 0 saturated carbocycles. The summed E-state index contributed by atoms with van der Waals surface area (Å²) >= 11 is 3.38. The molecule has 6 heteroatoms. The third kappa shape index (κ3) is 3.22. The number of aromatic nitrogens is 1. The van der Waals surface area contributed by atoms with Crippen molar-refractivity contribution in [2.24, 2.45) is 5.92 Å². The SMILES string of the molecule is CC(C)CNC(=O)Nc1nc2c(s1)CSc1ccccc1-2. The van der Waals surface area contributed by atoms with Crippen LogP contribution in [0.4, 0.5) is 9.93 Å². The second-order valence-electron chi connectivity index (χ2n) is 5.30. The van der Waals surface area contributed by atoms with Crippen molar-refractivity contribution >= 4 is 34.3 Å². The first-order valence-corrected chi connectivity index (χ1v) is 8.70. The zero-order valence-electron chi connectivity index (χ0n) is 12.0. The number of thioether (sulfide) groups is 1. The van der Waals surface area contributed by atoms with Crippen LogP contribution in [-0.2, 0) is 5.75 Å². The lowest BCUT2D eigenvalue weighted by atomic mass is 10.1. The predicted molar refractivity (Wildman–Crippen MR) is 89.0 cm³/mol. The van der Waals surface area contributed by atoms with Gasteiger partial charge in [-0.05, 0) is 12.0 Å². The third-order valence-electron chi connectivity index (χ3n) is 3.09. The van der Waals surface area contributed by atoms with Crippen LogP contribution in [0.3, 0.4) is 0 Å². The number of fused-ring (bicyclic) bond motifs is 3. The van der Waals surface area contributed by atoms with Gasteiger partial charge in [-0.15, -0.1) is 23.1 Å². The zero-order chi connectivity index (χ0) is 14.8. The molecule has 110 valence electrons. The molecule has 1 aliphatic rings. The van der Waals surface area contributed by atoms with Gasteiger partial charge in [-0.2, -0.15) is 0 Å². The molecule has 0 atom stereocenters. The average molecular weight is 319 g/mol. The van der Waals surface area contributed by atoms with Crippen LogP contribution in [0.15, 0.2) is 29.2 Å². The number of nitrogens with zero attached hydrogens (tertiary/aromatic N) is 1. The van der Waals surface area contributed by atoms with Gasteiger partial charge in [-0.3, -0.25) is 5.32 Å². The van der Waals surface area contributed by atoms with E-state index in [1.165, 1.54) is 9.77 Å². The number of benzene rings is 1. The minimum Gasteiger partial charge on any atom is -0.338 e. The van der Waals surface area contributed by atoms with Gasteiger partial charge in [0.1, 0.15) is 0 Å². The number of anilines is 1. The number of hydrogen-bond acceptors (Lipinski definition) is 4. The summed E-state index contributed by atoms with van der Waals surface area (Å²) in [5.41, 5.74) is 2.17. The topological polar surface area (TPSA) is 54.0 Å². The van der Waals surface area contributed by atoms with Crippen molar-refractivity contribution in [3.63, 3.8) is 0 Å². The normalized spacial score (nSPS) is 12.7. The second-order valence-corrected chi connectivity index (χ2v) is 7.41. The van der Waals surface area contributed by atoms with Crippen molar-refractivity contribution in [2.45, 2.75) is 24.5 Å². The van der Waals surface area contributed by atoms with E-state index in [1.54, 1.807) is 11.3 Å². The number of amides is 2. The number of rotatable bonds is 3. The van der Waals surface area contributed by atoms with E-state index in [2.05, 4.69) is 41.6 Å². The Morgan fingerprint density at radius 2 is 2.19 bits per heavy atom. The Labute approximate surface area is 132 Å². The van der Waals surface area contributed by atoms with Gasteiger partial charge in [0.25, 0.3) is 0 Å². The first-order valence-electron chi connectivity index (χ1n) is 6.90. The number of nitrogens with one attached hydrogen (secondary N) is 2. The molecular formula is C15H17N3OS2. The molecule has 0 saturated heterocycles. The predicted octanol–water partition coefficient (Wildman–Crippen LogP) is 4.19. The molecule has 4 nitrogen and oxygen atoms in total. The first-order chi connectivity index (χ1) is 10.1. The Bertz CT molecular complexity index is 667. The molecule has 21 heavy (non-hydrogen) atoms. The van der Waals surface area contributed by atoms with E-state index < -0.39 is 0 Å². The Morgan fingerprint density at radius 3 is 3.00 bits per heavy atom. The van der Waals surface area contributed by atoms with Gasteiger partial charge in [0, 0.05) is 27.6 Å². The molecule has 0 spiro atoms. The summed E-state index contributed by atoms with van der Waals surface area (Å²) in [4.78, 5) is 18.9. The molecule has 1 aromatic heterocycles. The molecule has 2 aromatic rings. The molecule has 0 bridgehead atoms. The van der Waals surface area contributed by atoms with E-state index in [-0.39, 0.29) is 6.03 Å². The Hall–Kier alpha value is -1.53. The maximum Gasteiger partial charge on any atom is 0.321 e. The number of thiazole rings is 1. The van der Waals surface area contributed by atoms with Gasteiger partial charge >= 0.3 is 6.03 Å². The number of hydrogen-bond donors (Lipinski definition) is 2. The summed E-state index contributed by atoms with van der Waals surface area (Å²) < 4.78 is 0. The summed E-state index contributed by atoms with van der Waals surface area (Å²) in [6.07, 6.45) is 0. The van der Waals surface area contributed by atoms with Crippen molar-refractivity contribution < 1.29 is 4.79 Å². The van der Waals surface area contributed by atoms with Crippen LogP contribution in [0.25, 0.3) is 11.3 Å². The van der Waals surface area contributed by atoms with E-state index in [1.807, 2.05) is 23.9 Å². The van der Waals surface area contributed by atoms with Crippen molar-refractivity contribution in [3.8, 4) is 11.3 Å². The molecule has 1 aliphatic heterocycles. The maximum atomic E-state index is 11.8. The van der Waals surface area contributed by atoms with Gasteiger partial charge in [-0.1, -0.05) is 32.0 Å². The highest BCUT2D eigenvalue weighted by Gasteiger charge is 2.21. The van der Waals surface area contributed by atoms with E-state index in [9.17, 15) is 4.79 Å². The Kier molecular flexibility index (Phi) is 4.17. The van der Waals surface area contributed by atoms with E-state index in [0.717, 1.165) is 17.0 Å². The van der Waals surface area contributed by atoms with Gasteiger partial charge < -0.3 is 5.32 Å². The highest BCUT2D eigenvalue weighted by molar-refractivity contribution is 7.98. The molecule has 1 aromatic carbocycles. The van der Waals surface area contributed by atoms with Crippen LogP contribution in [-0.4, -0.2) is 17.6 Å². The quantitative estimate of drug-likeness (QED) is 0.892. The van der Waals surface area contributed by atoms with Crippen LogP contribution in [0.5, 0.6) is 0 Å². The van der Waals surface area contributed by atoms with E-state index in [0.29, 0.717) is 17.6 Å². The lowest BCUT2D eigenvalue weighted by Crippen LogP contribution is -2.31. The zero-order valence-corrected chi connectivity index (χ0v) is 13.6. The highest BCUT2D eigenvalue weighted by atomic mass is 32.2. The fraction of sp³-hybridized carbons (Fsp3) is 0.333. The standard InChI is InChI=1S/C15H17N3OS2/c1-9(2)7-16-14(19)18-15-17-13-10-5-3-4-6-11(10)20-8-12(13)21-15/h3-6,9H,7-8H2,1-2H3,(H2,16,17,18,19). The van der Waals surface area contributed by atoms with E-state index in [4.69, 9.17) is 0 Å². The number of carbonyl (C=O) groups excluding carboxylic acids is 1. The van der Waals surface area contributed by atoms with Crippen molar-refractivity contribution in [3.05, 3.63) is 29.1 Å². The van der Waals surface area contributed by atoms with Gasteiger partial charge in [-0.25, -0.2) is 9.78 Å². The smallest absolute Gasteiger partial charge is 0.321 e.